The maximum Gasteiger partial charge on any atom is 0.163 e. The van der Waals surface area contributed by atoms with Gasteiger partial charge in [0.1, 0.15) is 10.8 Å². The number of hydrogen-bond donors (Lipinski definition) is 0. The molecule has 5 rings (SSSR count). The number of hydrogen-bond acceptors (Lipinski definition) is 6. The van der Waals surface area contributed by atoms with Crippen LogP contribution in [0.15, 0.2) is 73.1 Å². The first-order valence-corrected chi connectivity index (χ1v) is 10.3. The fraction of sp³-hybridized carbons (Fsp3) is 0.130. The van der Waals surface area contributed by atoms with Gasteiger partial charge in [0.05, 0.1) is 21.8 Å². The van der Waals surface area contributed by atoms with Crippen LogP contribution in [0.3, 0.4) is 0 Å². The van der Waals surface area contributed by atoms with Crippen molar-refractivity contribution in [3.8, 4) is 11.4 Å². The molecule has 0 spiro atoms. The summed E-state index contributed by atoms with van der Waals surface area (Å²) >= 11 is 1.73. The highest BCUT2D eigenvalue weighted by molar-refractivity contribution is 7.18. The Morgan fingerprint density at radius 2 is 1.66 bits per heavy atom. The minimum absolute atomic E-state index is 0.0763. The number of pyridine rings is 1. The van der Waals surface area contributed by atoms with Gasteiger partial charge >= 0.3 is 0 Å². The smallest absolute Gasteiger partial charge is 0.163 e. The molecule has 3 heterocycles. The quantitative estimate of drug-likeness (QED) is 0.401. The number of thiazole rings is 1. The number of aromatic nitrogens is 4. The van der Waals surface area contributed by atoms with E-state index in [0.29, 0.717) is 5.82 Å². The van der Waals surface area contributed by atoms with E-state index >= 15 is 0 Å². The third-order valence-corrected chi connectivity index (χ3v) is 6.29. The average Bonchev–Trinajstić information content (AvgIpc) is 3.22. The van der Waals surface area contributed by atoms with Crippen LogP contribution >= 0.6 is 11.3 Å². The van der Waals surface area contributed by atoms with E-state index in [4.69, 9.17) is 15.0 Å². The van der Waals surface area contributed by atoms with Gasteiger partial charge in [-0.25, -0.2) is 15.0 Å². The van der Waals surface area contributed by atoms with Crippen molar-refractivity contribution < 1.29 is 0 Å². The van der Waals surface area contributed by atoms with Gasteiger partial charge in [0.15, 0.2) is 5.82 Å². The standard InChI is InChI=1S/C23H19N5S/c1-15(23-26-19-11-5-6-12-20(19)29-23)28(2)22-17-9-3-4-10-18(17)25-21(27-22)16-8-7-13-24-14-16/h3-15H,1-2H3/t15-/m1/s1. The van der Waals surface area contributed by atoms with Gasteiger partial charge in [-0.3, -0.25) is 4.98 Å². The Morgan fingerprint density at radius 3 is 2.45 bits per heavy atom. The van der Waals surface area contributed by atoms with E-state index in [0.717, 1.165) is 32.8 Å². The van der Waals surface area contributed by atoms with Crippen LogP contribution in [0.5, 0.6) is 0 Å². The Kier molecular flexibility index (Phi) is 4.41. The molecule has 1 atom stereocenters. The molecule has 2 aromatic carbocycles. The largest absolute Gasteiger partial charge is 0.350 e. The molecule has 0 aliphatic rings. The molecule has 0 N–H and O–H groups in total. The summed E-state index contributed by atoms with van der Waals surface area (Å²) in [5.41, 5.74) is 2.86. The van der Waals surface area contributed by atoms with Crippen LogP contribution in [-0.2, 0) is 0 Å². The van der Waals surface area contributed by atoms with Gasteiger partial charge in [-0.05, 0) is 43.3 Å². The van der Waals surface area contributed by atoms with E-state index in [-0.39, 0.29) is 6.04 Å². The van der Waals surface area contributed by atoms with E-state index in [1.54, 1.807) is 23.7 Å². The number of benzene rings is 2. The SMILES string of the molecule is C[C@H](c1nc2ccccc2s1)N(C)c1nc(-c2cccnc2)nc2ccccc12. The molecule has 5 aromatic rings. The molecular formula is C23H19N5S. The molecule has 0 aliphatic heterocycles. The molecule has 0 saturated heterocycles. The predicted octanol–water partition coefficient (Wildman–Crippen LogP) is 5.50. The van der Waals surface area contributed by atoms with Crippen molar-refractivity contribution in [2.75, 3.05) is 11.9 Å². The third-order valence-electron chi connectivity index (χ3n) is 5.09. The van der Waals surface area contributed by atoms with E-state index in [9.17, 15) is 0 Å². The monoisotopic (exact) mass is 397 g/mol. The van der Waals surface area contributed by atoms with Crippen molar-refractivity contribution in [2.45, 2.75) is 13.0 Å². The summed E-state index contributed by atoms with van der Waals surface area (Å²) in [5.74, 6) is 1.57. The number of fused-ring (bicyclic) bond motifs is 2. The highest BCUT2D eigenvalue weighted by Crippen LogP contribution is 2.34. The van der Waals surface area contributed by atoms with Gasteiger partial charge in [-0.15, -0.1) is 11.3 Å². The highest BCUT2D eigenvalue weighted by Gasteiger charge is 2.21. The van der Waals surface area contributed by atoms with Gasteiger partial charge in [0, 0.05) is 30.4 Å². The highest BCUT2D eigenvalue weighted by atomic mass is 32.1. The molecule has 0 saturated carbocycles. The summed E-state index contributed by atoms with van der Waals surface area (Å²) in [6, 6.07) is 20.3. The molecular weight excluding hydrogens is 378 g/mol. The predicted molar refractivity (Wildman–Crippen MR) is 119 cm³/mol. The maximum atomic E-state index is 4.92. The van der Waals surface area contributed by atoms with Crippen LogP contribution in [0, 0.1) is 0 Å². The lowest BCUT2D eigenvalue weighted by Crippen LogP contribution is -2.23. The lowest BCUT2D eigenvalue weighted by atomic mass is 10.2. The normalized spacial score (nSPS) is 12.3. The topological polar surface area (TPSA) is 54.8 Å². The van der Waals surface area contributed by atoms with Crippen molar-refractivity contribution in [3.63, 3.8) is 0 Å². The number of para-hydroxylation sites is 2. The zero-order valence-electron chi connectivity index (χ0n) is 16.1. The van der Waals surface area contributed by atoms with E-state index in [1.807, 2.05) is 36.4 Å². The lowest BCUT2D eigenvalue weighted by molar-refractivity contribution is 0.727. The summed E-state index contributed by atoms with van der Waals surface area (Å²) in [4.78, 5) is 20.9. The molecule has 6 heteroatoms. The van der Waals surface area contributed by atoms with Crippen LogP contribution in [0.1, 0.15) is 18.0 Å². The average molecular weight is 398 g/mol. The van der Waals surface area contributed by atoms with Crippen molar-refractivity contribution >= 4 is 38.3 Å². The first kappa shape index (κ1) is 17.7. The molecule has 0 bridgehead atoms. The van der Waals surface area contributed by atoms with Gasteiger partial charge in [-0.2, -0.15) is 0 Å². The number of nitrogens with zero attached hydrogens (tertiary/aromatic N) is 5. The van der Waals surface area contributed by atoms with Gasteiger partial charge in [0.2, 0.25) is 0 Å². The Labute approximate surface area is 172 Å². The minimum Gasteiger partial charge on any atom is -0.350 e. The van der Waals surface area contributed by atoms with Crippen LogP contribution in [0.2, 0.25) is 0 Å². The Balaban J connectivity index is 1.62. The molecule has 0 fully saturated rings. The number of rotatable bonds is 4. The first-order valence-electron chi connectivity index (χ1n) is 9.46. The second kappa shape index (κ2) is 7.22. The van der Waals surface area contributed by atoms with E-state index < -0.39 is 0 Å². The molecule has 3 aromatic heterocycles. The molecule has 29 heavy (non-hydrogen) atoms. The second-order valence-corrected chi connectivity index (χ2v) is 8.00. The van der Waals surface area contributed by atoms with Gasteiger partial charge < -0.3 is 4.90 Å². The van der Waals surface area contributed by atoms with Gasteiger partial charge in [0.25, 0.3) is 0 Å². The molecule has 0 unspecified atom stereocenters. The molecule has 0 aliphatic carbocycles. The van der Waals surface area contributed by atoms with Gasteiger partial charge in [-0.1, -0.05) is 24.3 Å². The summed E-state index contributed by atoms with van der Waals surface area (Å²) in [7, 11) is 2.07. The van der Waals surface area contributed by atoms with Crippen LogP contribution < -0.4 is 4.90 Å². The summed E-state index contributed by atoms with van der Waals surface area (Å²) < 4.78 is 1.20. The first-order chi connectivity index (χ1) is 14.2. The second-order valence-electron chi connectivity index (χ2n) is 6.94. The fourth-order valence-corrected chi connectivity index (χ4v) is 4.43. The van der Waals surface area contributed by atoms with Crippen LogP contribution in [0.4, 0.5) is 5.82 Å². The zero-order valence-corrected chi connectivity index (χ0v) is 17.0. The number of anilines is 1. The molecule has 142 valence electrons. The van der Waals surface area contributed by atoms with Crippen molar-refractivity contribution in [3.05, 3.63) is 78.1 Å². The summed E-state index contributed by atoms with van der Waals surface area (Å²) in [6.45, 7) is 2.17. The zero-order chi connectivity index (χ0) is 19.8. The Morgan fingerprint density at radius 1 is 0.862 bits per heavy atom. The van der Waals surface area contributed by atoms with Crippen molar-refractivity contribution in [1.29, 1.82) is 0 Å². The Bertz CT molecular complexity index is 1270. The molecule has 5 nitrogen and oxygen atoms in total. The lowest BCUT2D eigenvalue weighted by Gasteiger charge is -2.26. The van der Waals surface area contributed by atoms with Crippen LogP contribution in [-0.4, -0.2) is 27.0 Å². The third kappa shape index (κ3) is 3.21. The van der Waals surface area contributed by atoms with E-state index in [1.165, 1.54) is 4.70 Å². The molecule has 0 radical (unpaired) electrons. The van der Waals surface area contributed by atoms with E-state index in [2.05, 4.69) is 48.1 Å². The summed E-state index contributed by atoms with van der Waals surface area (Å²) in [5, 5.41) is 2.09. The van der Waals surface area contributed by atoms with Crippen molar-refractivity contribution in [1.82, 2.24) is 19.9 Å². The maximum absolute atomic E-state index is 4.92. The minimum atomic E-state index is 0.0763. The fourth-order valence-electron chi connectivity index (χ4n) is 3.37. The summed E-state index contributed by atoms with van der Waals surface area (Å²) in [6.07, 6.45) is 3.55. The molecule has 0 amide bonds. The van der Waals surface area contributed by atoms with Crippen LogP contribution in [0.25, 0.3) is 32.5 Å². The Hall–Kier alpha value is -3.38. The van der Waals surface area contributed by atoms with Crippen molar-refractivity contribution in [2.24, 2.45) is 0 Å².